The van der Waals surface area contributed by atoms with Crippen LogP contribution in [0.15, 0.2) is 84.9 Å². The number of esters is 1. The van der Waals surface area contributed by atoms with Crippen molar-refractivity contribution in [3.63, 3.8) is 0 Å². The molecule has 0 N–H and O–H groups in total. The molecule has 3 aromatic rings. The molecule has 2 atom stereocenters. The number of rotatable bonds is 7. The van der Waals surface area contributed by atoms with Gasteiger partial charge in [0.25, 0.3) is 5.69 Å². The predicted octanol–water partition coefficient (Wildman–Crippen LogP) is 5.20. The van der Waals surface area contributed by atoms with Gasteiger partial charge in [0.05, 0.1) is 28.0 Å². The zero-order valence-electron chi connectivity index (χ0n) is 19.6. The number of anilines is 1. The molecule has 1 fully saturated rings. The number of nitro benzene ring substituents is 1. The van der Waals surface area contributed by atoms with Gasteiger partial charge in [-0.2, -0.15) is 0 Å². The summed E-state index contributed by atoms with van der Waals surface area (Å²) >= 11 is 0. The first-order valence-corrected chi connectivity index (χ1v) is 11.7. The van der Waals surface area contributed by atoms with Gasteiger partial charge in [-0.3, -0.25) is 24.6 Å². The van der Waals surface area contributed by atoms with Crippen molar-refractivity contribution in [3.05, 3.63) is 106 Å². The number of carbonyl (C=O) groups is 3. The normalized spacial score (nSPS) is 18.4. The maximum Gasteiger partial charge on any atom is 0.338 e. The Hall–Kier alpha value is -4.79. The van der Waals surface area contributed by atoms with Crippen LogP contribution in [0.1, 0.15) is 28.8 Å². The Morgan fingerprint density at radius 1 is 0.892 bits per heavy atom. The third-order valence-electron chi connectivity index (χ3n) is 6.42. The Kier molecular flexibility index (Phi) is 6.51. The van der Waals surface area contributed by atoms with E-state index in [1.807, 2.05) is 12.2 Å². The molecule has 2 aliphatic rings. The van der Waals surface area contributed by atoms with Gasteiger partial charge >= 0.3 is 5.97 Å². The minimum Gasteiger partial charge on any atom is -0.457 e. The number of non-ortho nitro benzene ring substituents is 1. The van der Waals surface area contributed by atoms with Crippen molar-refractivity contribution in [2.24, 2.45) is 11.8 Å². The second kappa shape index (κ2) is 10.1. The lowest BCUT2D eigenvalue weighted by Crippen LogP contribution is -2.31. The predicted molar refractivity (Wildman–Crippen MR) is 133 cm³/mol. The van der Waals surface area contributed by atoms with Gasteiger partial charge < -0.3 is 9.47 Å². The molecule has 1 aliphatic heterocycles. The zero-order valence-corrected chi connectivity index (χ0v) is 19.6. The molecule has 186 valence electrons. The summed E-state index contributed by atoms with van der Waals surface area (Å²) in [5.74, 6) is -0.767. The number of benzene rings is 3. The van der Waals surface area contributed by atoms with Crippen molar-refractivity contribution < 1.29 is 28.8 Å². The molecule has 1 saturated heterocycles. The number of fused-ring (bicyclic) bond motifs is 1. The van der Waals surface area contributed by atoms with Gasteiger partial charge in [0.15, 0.2) is 0 Å². The minimum absolute atomic E-state index is 0.0122. The number of nitrogens with zero attached hydrogens (tertiary/aromatic N) is 2. The molecule has 1 heterocycles. The van der Waals surface area contributed by atoms with Crippen LogP contribution < -0.4 is 9.64 Å². The third kappa shape index (κ3) is 4.97. The van der Waals surface area contributed by atoms with Crippen LogP contribution in [0.3, 0.4) is 0 Å². The Balaban J connectivity index is 1.20. The van der Waals surface area contributed by atoms with Crippen LogP contribution in [0.4, 0.5) is 11.4 Å². The Morgan fingerprint density at radius 2 is 1.49 bits per heavy atom. The van der Waals surface area contributed by atoms with E-state index in [0.29, 0.717) is 30.0 Å². The summed E-state index contributed by atoms with van der Waals surface area (Å²) in [5, 5.41) is 10.8. The van der Waals surface area contributed by atoms with E-state index in [9.17, 15) is 24.5 Å². The summed E-state index contributed by atoms with van der Waals surface area (Å²) in [6.45, 7) is 0.0122. The lowest BCUT2D eigenvalue weighted by molar-refractivity contribution is -0.384. The number of nitro groups is 1. The van der Waals surface area contributed by atoms with Crippen molar-refractivity contribution in [2.45, 2.75) is 19.4 Å². The number of hydrogen-bond donors (Lipinski definition) is 0. The van der Waals surface area contributed by atoms with E-state index in [4.69, 9.17) is 9.47 Å². The van der Waals surface area contributed by atoms with Crippen LogP contribution in [-0.2, 0) is 20.9 Å². The topological polar surface area (TPSA) is 116 Å². The largest absolute Gasteiger partial charge is 0.457 e. The number of amides is 2. The maximum absolute atomic E-state index is 12.8. The maximum atomic E-state index is 12.8. The van der Waals surface area contributed by atoms with Crippen LogP contribution >= 0.6 is 0 Å². The van der Waals surface area contributed by atoms with Crippen LogP contribution in [0.5, 0.6) is 11.5 Å². The van der Waals surface area contributed by atoms with Gasteiger partial charge in [0, 0.05) is 12.1 Å². The molecule has 9 heteroatoms. The van der Waals surface area contributed by atoms with Crippen molar-refractivity contribution >= 4 is 29.2 Å². The molecular formula is C28H22N2O7. The van der Waals surface area contributed by atoms with Crippen molar-refractivity contribution in [3.8, 4) is 11.5 Å². The van der Waals surface area contributed by atoms with Gasteiger partial charge in [-0.1, -0.05) is 30.4 Å². The first-order valence-electron chi connectivity index (χ1n) is 11.7. The zero-order chi connectivity index (χ0) is 25.9. The molecule has 9 nitrogen and oxygen atoms in total. The summed E-state index contributed by atoms with van der Waals surface area (Å²) < 4.78 is 11.1. The first-order chi connectivity index (χ1) is 17.9. The summed E-state index contributed by atoms with van der Waals surface area (Å²) in [5.41, 5.74) is 1.31. The Labute approximate surface area is 212 Å². The molecule has 0 bridgehead atoms. The Morgan fingerprint density at radius 3 is 2.08 bits per heavy atom. The van der Waals surface area contributed by atoms with Crippen LogP contribution in [0.25, 0.3) is 0 Å². The van der Waals surface area contributed by atoms with Crippen LogP contribution in [0, 0.1) is 22.0 Å². The third-order valence-corrected chi connectivity index (χ3v) is 6.42. The molecule has 2 amide bonds. The molecule has 0 unspecified atom stereocenters. The van der Waals surface area contributed by atoms with Crippen molar-refractivity contribution in [1.29, 1.82) is 0 Å². The average molecular weight is 498 g/mol. The fraction of sp³-hybridized carbons (Fsp3) is 0.179. The number of hydrogen-bond acceptors (Lipinski definition) is 7. The number of carbonyl (C=O) groups excluding carboxylic acids is 3. The SMILES string of the molecule is O=C(OCc1ccc(Oc2ccc([N+](=O)[O-])cc2)cc1)c1cccc(N2C(=O)[C@H]3CC=CC[C@@H]3C2=O)c1. The standard InChI is InChI=1S/C28H22N2O7/c31-26-24-6-1-2-7-25(24)27(32)29(26)21-5-3-4-19(16-21)28(33)36-17-18-8-12-22(13-9-18)37-23-14-10-20(11-15-23)30(34)35/h1-5,8-16,24-25H,6-7,17H2/t24-,25-/m0/s1. The number of imide groups is 1. The van der Waals surface area contributed by atoms with E-state index < -0.39 is 10.9 Å². The average Bonchev–Trinajstić information content (AvgIpc) is 3.18. The summed E-state index contributed by atoms with van der Waals surface area (Å²) in [6, 6.07) is 19.0. The fourth-order valence-corrected chi connectivity index (χ4v) is 4.48. The summed E-state index contributed by atoms with van der Waals surface area (Å²) in [6.07, 6.45) is 4.95. The molecule has 0 spiro atoms. The smallest absolute Gasteiger partial charge is 0.338 e. The lowest BCUT2D eigenvalue weighted by Gasteiger charge is -2.15. The van der Waals surface area contributed by atoms with E-state index in [2.05, 4.69) is 0 Å². The van der Waals surface area contributed by atoms with Gasteiger partial charge in [-0.25, -0.2) is 4.79 Å². The molecule has 5 rings (SSSR count). The van der Waals surface area contributed by atoms with Gasteiger partial charge in [-0.05, 0) is 60.9 Å². The lowest BCUT2D eigenvalue weighted by atomic mass is 9.85. The molecule has 0 saturated carbocycles. The number of allylic oxidation sites excluding steroid dienone is 2. The van der Waals surface area contributed by atoms with E-state index in [1.165, 1.54) is 35.2 Å². The fourth-order valence-electron chi connectivity index (χ4n) is 4.48. The van der Waals surface area contributed by atoms with E-state index in [-0.39, 0.29) is 41.5 Å². The highest BCUT2D eigenvalue weighted by atomic mass is 16.6. The summed E-state index contributed by atoms with van der Waals surface area (Å²) in [4.78, 5) is 49.8. The second-order valence-corrected chi connectivity index (χ2v) is 8.79. The van der Waals surface area contributed by atoms with E-state index in [0.717, 1.165) is 5.56 Å². The van der Waals surface area contributed by atoms with Crippen molar-refractivity contribution in [2.75, 3.05) is 4.90 Å². The summed E-state index contributed by atoms with van der Waals surface area (Å²) in [7, 11) is 0. The molecule has 0 aromatic heterocycles. The molecule has 3 aromatic carbocycles. The van der Waals surface area contributed by atoms with E-state index >= 15 is 0 Å². The van der Waals surface area contributed by atoms with Gasteiger partial charge in [0.1, 0.15) is 18.1 Å². The quantitative estimate of drug-likeness (QED) is 0.145. The molecule has 37 heavy (non-hydrogen) atoms. The minimum atomic E-state index is -0.578. The van der Waals surface area contributed by atoms with Crippen LogP contribution in [0.2, 0.25) is 0 Å². The van der Waals surface area contributed by atoms with Gasteiger partial charge in [0.2, 0.25) is 11.8 Å². The Bertz CT molecular complexity index is 1370. The molecule has 1 aliphatic carbocycles. The van der Waals surface area contributed by atoms with Gasteiger partial charge in [-0.15, -0.1) is 0 Å². The highest BCUT2D eigenvalue weighted by Crippen LogP contribution is 2.37. The highest BCUT2D eigenvalue weighted by Gasteiger charge is 2.47. The first kappa shape index (κ1) is 23.9. The molecular weight excluding hydrogens is 476 g/mol. The van der Waals surface area contributed by atoms with Crippen LogP contribution in [-0.4, -0.2) is 22.7 Å². The number of ether oxygens (including phenoxy) is 2. The van der Waals surface area contributed by atoms with E-state index in [1.54, 1.807) is 42.5 Å². The monoisotopic (exact) mass is 498 g/mol. The van der Waals surface area contributed by atoms with Crippen molar-refractivity contribution in [1.82, 2.24) is 0 Å². The molecule has 0 radical (unpaired) electrons. The highest BCUT2D eigenvalue weighted by molar-refractivity contribution is 6.22. The second-order valence-electron chi connectivity index (χ2n) is 8.79.